The fourth-order valence-corrected chi connectivity index (χ4v) is 4.06. The summed E-state index contributed by atoms with van der Waals surface area (Å²) in [6.45, 7) is 0. The molecule has 134 valence electrons. The van der Waals surface area contributed by atoms with E-state index in [0.717, 1.165) is 40.9 Å². The summed E-state index contributed by atoms with van der Waals surface area (Å²) >= 11 is 0. The third kappa shape index (κ3) is 2.83. The zero-order valence-electron chi connectivity index (χ0n) is 14.9. The Morgan fingerprint density at radius 2 is 1.81 bits per heavy atom. The zero-order valence-corrected chi connectivity index (χ0v) is 14.9. The van der Waals surface area contributed by atoms with Crippen molar-refractivity contribution in [1.29, 1.82) is 0 Å². The van der Waals surface area contributed by atoms with Crippen LogP contribution in [0, 0.1) is 0 Å². The van der Waals surface area contributed by atoms with Crippen LogP contribution in [-0.4, -0.2) is 16.0 Å². The van der Waals surface area contributed by atoms with Gasteiger partial charge in [0.05, 0.1) is 5.57 Å². The highest BCUT2D eigenvalue weighted by atomic mass is 16.3. The Bertz CT molecular complexity index is 1070. The fourth-order valence-electron chi connectivity index (χ4n) is 4.06. The molecule has 3 N–H and O–H groups in total. The van der Waals surface area contributed by atoms with Crippen molar-refractivity contribution in [3.8, 4) is 16.9 Å². The van der Waals surface area contributed by atoms with Gasteiger partial charge in [-0.15, -0.1) is 0 Å². The third-order valence-corrected chi connectivity index (χ3v) is 5.42. The summed E-state index contributed by atoms with van der Waals surface area (Å²) < 4.78 is 0. The highest BCUT2D eigenvalue weighted by Gasteiger charge is 2.25. The molecule has 27 heavy (non-hydrogen) atoms. The second kappa shape index (κ2) is 6.16. The molecule has 0 spiro atoms. The molecule has 1 amide bonds. The molecule has 0 radical (unpaired) electrons. The van der Waals surface area contributed by atoms with Crippen LogP contribution in [0.25, 0.3) is 22.8 Å². The summed E-state index contributed by atoms with van der Waals surface area (Å²) in [5, 5.41) is 12.7. The first kappa shape index (κ1) is 15.9. The van der Waals surface area contributed by atoms with Gasteiger partial charge in [-0.3, -0.25) is 4.79 Å². The minimum atomic E-state index is -0.0781. The minimum Gasteiger partial charge on any atom is -0.508 e. The Hall–Kier alpha value is -3.27. The van der Waals surface area contributed by atoms with E-state index >= 15 is 0 Å². The van der Waals surface area contributed by atoms with E-state index in [1.807, 2.05) is 36.4 Å². The van der Waals surface area contributed by atoms with Crippen LogP contribution < -0.4 is 5.32 Å². The zero-order chi connectivity index (χ0) is 18.4. The number of fused-ring (bicyclic) bond motifs is 2. The maximum absolute atomic E-state index is 12.5. The van der Waals surface area contributed by atoms with Gasteiger partial charge in [0, 0.05) is 22.6 Å². The fraction of sp³-hybridized carbons (Fsp3) is 0.174. The van der Waals surface area contributed by atoms with E-state index in [9.17, 15) is 9.90 Å². The van der Waals surface area contributed by atoms with Crippen molar-refractivity contribution >= 4 is 23.2 Å². The number of carbonyl (C=O) groups is 1. The number of anilines is 1. The van der Waals surface area contributed by atoms with Gasteiger partial charge in [-0.2, -0.15) is 0 Å². The Morgan fingerprint density at radius 1 is 0.963 bits per heavy atom. The number of hydrogen-bond donors (Lipinski definition) is 3. The highest BCUT2D eigenvalue weighted by molar-refractivity contribution is 6.35. The molecule has 4 nitrogen and oxygen atoms in total. The van der Waals surface area contributed by atoms with E-state index in [0.29, 0.717) is 5.57 Å². The number of nitrogens with one attached hydrogen (secondary N) is 2. The molecule has 0 saturated carbocycles. The summed E-state index contributed by atoms with van der Waals surface area (Å²) in [7, 11) is 0. The summed E-state index contributed by atoms with van der Waals surface area (Å²) in [6.07, 6.45) is 6.62. The monoisotopic (exact) mass is 356 g/mol. The standard InChI is InChI=1S/C23H20N2O2/c26-18-6-3-5-14(11-18)15-8-9-19-20(23(27)25-22(19)12-15)13-17-10-16-4-1-2-7-21(16)24-17/h3,5-6,8-13,24,26H,1-2,4,7H2,(H,25,27)/b20-13-. The van der Waals surface area contributed by atoms with Crippen LogP contribution in [0.5, 0.6) is 5.75 Å². The van der Waals surface area contributed by atoms with Crippen LogP contribution >= 0.6 is 0 Å². The number of hydrogen-bond acceptors (Lipinski definition) is 2. The van der Waals surface area contributed by atoms with Gasteiger partial charge in [-0.1, -0.05) is 24.3 Å². The first-order valence-electron chi connectivity index (χ1n) is 9.35. The number of benzene rings is 2. The van der Waals surface area contributed by atoms with E-state index in [2.05, 4.69) is 16.4 Å². The topological polar surface area (TPSA) is 65.1 Å². The highest BCUT2D eigenvalue weighted by Crippen LogP contribution is 2.37. The number of aromatic amines is 1. The number of rotatable bonds is 2. The maximum Gasteiger partial charge on any atom is 0.256 e. The number of aromatic nitrogens is 1. The molecule has 0 fully saturated rings. The van der Waals surface area contributed by atoms with Crippen molar-refractivity contribution in [3.63, 3.8) is 0 Å². The van der Waals surface area contributed by atoms with E-state index in [-0.39, 0.29) is 11.7 Å². The van der Waals surface area contributed by atoms with Crippen molar-refractivity contribution in [2.75, 3.05) is 5.32 Å². The summed E-state index contributed by atoms with van der Waals surface area (Å²) in [5.41, 5.74) is 7.97. The smallest absolute Gasteiger partial charge is 0.256 e. The van der Waals surface area contributed by atoms with Crippen LogP contribution in [0.15, 0.2) is 48.5 Å². The van der Waals surface area contributed by atoms with Gasteiger partial charge in [0.2, 0.25) is 0 Å². The largest absolute Gasteiger partial charge is 0.508 e. The Balaban J connectivity index is 1.52. The lowest BCUT2D eigenvalue weighted by molar-refractivity contribution is -0.110. The van der Waals surface area contributed by atoms with Crippen molar-refractivity contribution in [1.82, 2.24) is 4.98 Å². The van der Waals surface area contributed by atoms with Crippen LogP contribution in [-0.2, 0) is 17.6 Å². The number of phenolic OH excluding ortho intramolecular Hbond substituents is 1. The summed E-state index contributed by atoms with van der Waals surface area (Å²) in [6, 6.07) is 15.2. The van der Waals surface area contributed by atoms with E-state index in [1.54, 1.807) is 12.1 Å². The van der Waals surface area contributed by atoms with Crippen LogP contribution in [0.1, 0.15) is 35.4 Å². The number of phenols is 1. The average molecular weight is 356 g/mol. The molecule has 1 aliphatic heterocycles. The summed E-state index contributed by atoms with van der Waals surface area (Å²) in [4.78, 5) is 16.0. The normalized spacial score (nSPS) is 16.9. The molecule has 0 saturated heterocycles. The molecule has 0 atom stereocenters. The van der Waals surface area contributed by atoms with Gasteiger partial charge in [-0.05, 0) is 72.7 Å². The molecule has 5 rings (SSSR count). The van der Waals surface area contributed by atoms with Gasteiger partial charge in [0.1, 0.15) is 5.75 Å². The minimum absolute atomic E-state index is 0.0781. The van der Waals surface area contributed by atoms with E-state index < -0.39 is 0 Å². The first-order valence-corrected chi connectivity index (χ1v) is 9.35. The number of carbonyl (C=O) groups excluding carboxylic acids is 1. The molecule has 4 heteroatoms. The lowest BCUT2D eigenvalue weighted by atomic mass is 9.98. The van der Waals surface area contributed by atoms with Gasteiger partial charge in [0.25, 0.3) is 5.91 Å². The molecular weight excluding hydrogens is 336 g/mol. The molecule has 3 aromatic rings. The van der Waals surface area contributed by atoms with E-state index in [1.165, 1.54) is 24.1 Å². The molecule has 1 aliphatic carbocycles. The third-order valence-electron chi connectivity index (χ3n) is 5.42. The lowest BCUT2D eigenvalue weighted by Crippen LogP contribution is -2.03. The van der Waals surface area contributed by atoms with Gasteiger partial charge in [0.15, 0.2) is 0 Å². The Kier molecular flexibility index (Phi) is 3.64. The van der Waals surface area contributed by atoms with Crippen molar-refractivity contribution < 1.29 is 9.90 Å². The number of H-pyrrole nitrogens is 1. The SMILES string of the molecule is O=C1Nc2cc(-c3cccc(O)c3)ccc2/C1=C/c1cc2c([nH]1)CCCC2. The van der Waals surface area contributed by atoms with Crippen molar-refractivity contribution in [2.24, 2.45) is 0 Å². The summed E-state index contributed by atoms with van der Waals surface area (Å²) in [5.74, 6) is 0.152. The van der Waals surface area contributed by atoms with Gasteiger partial charge >= 0.3 is 0 Å². The maximum atomic E-state index is 12.5. The average Bonchev–Trinajstić information content (AvgIpc) is 3.22. The molecule has 2 aromatic carbocycles. The Morgan fingerprint density at radius 3 is 2.67 bits per heavy atom. The Labute approximate surface area is 157 Å². The predicted molar refractivity (Wildman–Crippen MR) is 107 cm³/mol. The first-order chi connectivity index (χ1) is 13.2. The quantitative estimate of drug-likeness (QED) is 0.580. The van der Waals surface area contributed by atoms with Crippen LogP contribution in [0.2, 0.25) is 0 Å². The van der Waals surface area contributed by atoms with Crippen molar-refractivity contribution in [2.45, 2.75) is 25.7 Å². The molecule has 2 aliphatic rings. The number of aryl methyl sites for hydroxylation is 2. The lowest BCUT2D eigenvalue weighted by Gasteiger charge is -2.08. The number of aromatic hydroxyl groups is 1. The van der Waals surface area contributed by atoms with Crippen LogP contribution in [0.4, 0.5) is 5.69 Å². The molecule has 1 aromatic heterocycles. The number of amides is 1. The van der Waals surface area contributed by atoms with E-state index in [4.69, 9.17) is 0 Å². The molecular formula is C23H20N2O2. The van der Waals surface area contributed by atoms with Crippen molar-refractivity contribution in [3.05, 3.63) is 71.0 Å². The molecule has 0 unspecified atom stereocenters. The van der Waals surface area contributed by atoms with Crippen LogP contribution in [0.3, 0.4) is 0 Å². The van der Waals surface area contributed by atoms with Gasteiger partial charge < -0.3 is 15.4 Å². The van der Waals surface area contributed by atoms with Gasteiger partial charge in [-0.25, -0.2) is 0 Å². The molecule has 2 heterocycles. The second-order valence-corrected chi connectivity index (χ2v) is 7.26. The second-order valence-electron chi connectivity index (χ2n) is 7.26. The molecule has 0 bridgehead atoms. The predicted octanol–water partition coefficient (Wildman–Crippen LogP) is 4.76.